The molecule has 0 amide bonds. The molecule has 1 rings (SSSR count). The quantitative estimate of drug-likeness (QED) is 0.438. The van der Waals surface area contributed by atoms with Crippen molar-refractivity contribution in [2.45, 2.75) is 13.5 Å². The van der Waals surface area contributed by atoms with E-state index >= 15 is 0 Å². The average Bonchev–Trinajstić information content (AvgIpc) is 2.36. The zero-order valence-corrected chi connectivity index (χ0v) is 9.58. The second-order valence-electron chi connectivity index (χ2n) is 3.23. The van der Waals surface area contributed by atoms with Gasteiger partial charge in [-0.15, -0.1) is 0 Å². The first-order valence-electron chi connectivity index (χ1n) is 5.06. The normalized spacial score (nSPS) is 9.11. The minimum absolute atomic E-state index is 0.0488. The van der Waals surface area contributed by atoms with Crippen molar-refractivity contribution in [3.63, 3.8) is 0 Å². The van der Waals surface area contributed by atoms with E-state index in [2.05, 4.69) is 10.0 Å². The number of aromatic carboxylic acids is 1. The number of hydrogen-bond donors (Lipinski definition) is 0. The fourth-order valence-corrected chi connectivity index (χ4v) is 1.40. The van der Waals surface area contributed by atoms with Gasteiger partial charge < -0.3 is 14.6 Å². The third-order valence-corrected chi connectivity index (χ3v) is 2.15. The summed E-state index contributed by atoms with van der Waals surface area (Å²) in [5.74, 6) is -1.33. The molecule has 0 aromatic heterocycles. The molecule has 0 aliphatic heterocycles. The van der Waals surface area contributed by atoms with Crippen LogP contribution < -0.4 is 9.84 Å². The molecule has 0 aliphatic carbocycles. The molecule has 0 saturated heterocycles. The summed E-state index contributed by atoms with van der Waals surface area (Å²) in [5.41, 5.74) is 8.57. The van der Waals surface area contributed by atoms with E-state index < -0.39 is 5.97 Å². The van der Waals surface area contributed by atoms with Gasteiger partial charge in [0.25, 0.3) is 0 Å². The van der Waals surface area contributed by atoms with E-state index in [-0.39, 0.29) is 30.0 Å². The first kappa shape index (κ1) is 13.4. The molecule has 0 N–H and O–H groups in total. The fraction of sp³-hybridized carbons (Fsp3) is 0.273. The molecule has 0 heterocycles. The van der Waals surface area contributed by atoms with Crippen LogP contribution >= 0.6 is 0 Å². The van der Waals surface area contributed by atoms with Gasteiger partial charge in [0.2, 0.25) is 0 Å². The second-order valence-corrected chi connectivity index (χ2v) is 3.23. The first-order chi connectivity index (χ1) is 8.63. The van der Waals surface area contributed by atoms with Gasteiger partial charge in [-0.3, -0.25) is 0 Å². The Labute approximate surface area is 103 Å². The lowest BCUT2D eigenvalue weighted by molar-refractivity contribution is -0.255. The summed E-state index contributed by atoms with van der Waals surface area (Å²) < 4.78 is 5.15. The number of carboxylic acid groups (broad SMARTS) is 1. The maximum Gasteiger partial charge on any atom is 0.128 e. The van der Waals surface area contributed by atoms with Crippen LogP contribution in [0.15, 0.2) is 17.2 Å². The minimum atomic E-state index is -1.43. The van der Waals surface area contributed by atoms with Crippen molar-refractivity contribution in [3.8, 4) is 11.8 Å². The molecular weight excluding hydrogens is 236 g/mol. The van der Waals surface area contributed by atoms with Gasteiger partial charge >= 0.3 is 0 Å². The molecule has 92 valence electrons. The third kappa shape index (κ3) is 2.90. The number of carbonyl (C=O) groups is 1. The Balaban J connectivity index is 3.36. The minimum Gasteiger partial charge on any atom is -0.545 e. The van der Waals surface area contributed by atoms with E-state index in [1.807, 2.05) is 6.07 Å². The number of carbonyl (C=O) groups excluding carboxylic acids is 1. The first-order valence-corrected chi connectivity index (χ1v) is 5.06. The molecule has 0 aliphatic rings. The summed E-state index contributed by atoms with van der Waals surface area (Å²) >= 11 is 0. The molecule has 0 spiro atoms. The van der Waals surface area contributed by atoms with Gasteiger partial charge in [-0.25, -0.2) is 0 Å². The van der Waals surface area contributed by atoms with Crippen molar-refractivity contribution in [2.24, 2.45) is 5.11 Å². The van der Waals surface area contributed by atoms with E-state index in [1.54, 1.807) is 6.92 Å². The van der Waals surface area contributed by atoms with Crippen LogP contribution in [0, 0.1) is 11.3 Å². The number of azide groups is 1. The highest BCUT2D eigenvalue weighted by Crippen LogP contribution is 2.24. The fourth-order valence-electron chi connectivity index (χ4n) is 1.40. The second kappa shape index (κ2) is 6.13. The molecule has 7 nitrogen and oxygen atoms in total. The molecule has 0 saturated carbocycles. The number of ether oxygens (including phenoxy) is 1. The smallest absolute Gasteiger partial charge is 0.128 e. The summed E-state index contributed by atoms with van der Waals surface area (Å²) in [4.78, 5) is 13.5. The van der Waals surface area contributed by atoms with E-state index in [0.717, 1.165) is 6.07 Å². The topological polar surface area (TPSA) is 122 Å². The molecule has 7 heteroatoms. The van der Waals surface area contributed by atoms with Gasteiger partial charge in [-0.2, -0.15) is 5.26 Å². The third-order valence-electron chi connectivity index (χ3n) is 2.15. The predicted molar refractivity (Wildman–Crippen MR) is 59.5 cm³/mol. The van der Waals surface area contributed by atoms with Gasteiger partial charge in [0.1, 0.15) is 5.75 Å². The molecule has 1 aromatic rings. The molecule has 0 fully saturated rings. The number of rotatable bonds is 5. The molecular formula is C11H9N4O3-. The Morgan fingerprint density at radius 2 is 2.39 bits per heavy atom. The predicted octanol–water partition coefficient (Wildman–Crippen LogP) is 1.13. The van der Waals surface area contributed by atoms with Crippen LogP contribution in [0.4, 0.5) is 0 Å². The van der Waals surface area contributed by atoms with Gasteiger partial charge in [0, 0.05) is 10.5 Å². The molecule has 0 unspecified atom stereocenters. The van der Waals surface area contributed by atoms with Gasteiger partial charge in [-0.1, -0.05) is 5.11 Å². The van der Waals surface area contributed by atoms with Crippen LogP contribution in [0.5, 0.6) is 5.75 Å². The maximum atomic E-state index is 10.9. The number of carboxylic acids is 1. The lowest BCUT2D eigenvalue weighted by atomic mass is 10.0. The highest BCUT2D eigenvalue weighted by Gasteiger charge is 2.11. The SMILES string of the molecule is CCOc1cc(CN=[N+]=[N-])c(C#N)cc1C(=O)[O-]. The van der Waals surface area contributed by atoms with Gasteiger partial charge in [-0.05, 0) is 30.2 Å². The largest absolute Gasteiger partial charge is 0.545 e. The monoisotopic (exact) mass is 245 g/mol. The Hall–Kier alpha value is -2.71. The van der Waals surface area contributed by atoms with Crippen LogP contribution in [-0.4, -0.2) is 12.6 Å². The van der Waals surface area contributed by atoms with E-state index in [4.69, 9.17) is 15.5 Å². The Kier molecular flexibility index (Phi) is 4.55. The van der Waals surface area contributed by atoms with Crippen LogP contribution in [0.25, 0.3) is 10.4 Å². The molecule has 18 heavy (non-hydrogen) atoms. The summed E-state index contributed by atoms with van der Waals surface area (Å²) in [6, 6.07) is 4.37. The molecule has 0 bridgehead atoms. The zero-order chi connectivity index (χ0) is 13.5. The van der Waals surface area contributed by atoms with E-state index in [1.165, 1.54) is 6.07 Å². The summed E-state index contributed by atoms with van der Waals surface area (Å²) in [7, 11) is 0. The van der Waals surface area contributed by atoms with Crippen LogP contribution in [0.2, 0.25) is 0 Å². The summed E-state index contributed by atoms with van der Waals surface area (Å²) in [6.07, 6.45) is 0. The van der Waals surface area contributed by atoms with Crippen molar-refractivity contribution in [1.82, 2.24) is 0 Å². The van der Waals surface area contributed by atoms with Gasteiger partial charge in [0.05, 0.1) is 30.8 Å². The highest BCUT2D eigenvalue weighted by molar-refractivity contribution is 5.90. The molecule has 0 atom stereocenters. The average molecular weight is 245 g/mol. The van der Waals surface area contributed by atoms with Gasteiger partial charge in [0.15, 0.2) is 0 Å². The maximum absolute atomic E-state index is 10.9. The lowest BCUT2D eigenvalue weighted by Crippen LogP contribution is -2.23. The Bertz CT molecular complexity index is 556. The molecule has 1 aromatic carbocycles. The standard InChI is InChI=1S/C11H10N4O3/c1-2-18-10-4-8(6-14-15-13)7(5-12)3-9(10)11(16)17/h3-4H,2,6H2,1H3,(H,16,17)/p-1. The van der Waals surface area contributed by atoms with Crippen molar-refractivity contribution in [2.75, 3.05) is 6.61 Å². The zero-order valence-electron chi connectivity index (χ0n) is 9.58. The number of nitrogens with zero attached hydrogens (tertiary/aromatic N) is 4. The molecule has 0 radical (unpaired) electrons. The summed E-state index contributed by atoms with van der Waals surface area (Å²) in [6.45, 7) is 1.92. The Morgan fingerprint density at radius 1 is 1.67 bits per heavy atom. The van der Waals surface area contributed by atoms with Crippen molar-refractivity contribution >= 4 is 5.97 Å². The van der Waals surface area contributed by atoms with Crippen molar-refractivity contribution < 1.29 is 14.6 Å². The lowest BCUT2D eigenvalue weighted by Gasteiger charge is -2.13. The van der Waals surface area contributed by atoms with Crippen LogP contribution in [-0.2, 0) is 6.54 Å². The van der Waals surface area contributed by atoms with Crippen molar-refractivity contribution in [1.29, 1.82) is 5.26 Å². The highest BCUT2D eigenvalue weighted by atomic mass is 16.5. The number of hydrogen-bond acceptors (Lipinski definition) is 5. The Morgan fingerprint density at radius 3 is 2.89 bits per heavy atom. The van der Waals surface area contributed by atoms with E-state index in [9.17, 15) is 9.90 Å². The van der Waals surface area contributed by atoms with Crippen LogP contribution in [0.3, 0.4) is 0 Å². The summed E-state index contributed by atoms with van der Waals surface area (Å²) in [5, 5.41) is 23.2. The van der Waals surface area contributed by atoms with Crippen LogP contribution in [0.1, 0.15) is 28.4 Å². The number of benzene rings is 1. The van der Waals surface area contributed by atoms with Crippen molar-refractivity contribution in [3.05, 3.63) is 39.3 Å². The van der Waals surface area contributed by atoms with E-state index in [0.29, 0.717) is 5.56 Å². The number of nitriles is 1.